The number of aryl methyl sites for hydroxylation is 2. The lowest BCUT2D eigenvalue weighted by atomic mass is 9.99. The maximum atomic E-state index is 12.4. The number of likely N-dealkylation sites (tertiary alicyclic amines) is 1. The van der Waals surface area contributed by atoms with Crippen LogP contribution in [-0.4, -0.2) is 43.8 Å². The third-order valence-electron chi connectivity index (χ3n) is 4.58. The molecule has 0 saturated carbocycles. The van der Waals surface area contributed by atoms with E-state index in [1.54, 1.807) is 15.6 Å². The first-order valence-electron chi connectivity index (χ1n) is 8.97. The number of benzene rings is 1. The lowest BCUT2D eigenvalue weighted by Crippen LogP contribution is -2.49. The van der Waals surface area contributed by atoms with Gasteiger partial charge in [-0.25, -0.2) is 0 Å². The third kappa shape index (κ3) is 3.69. The highest BCUT2D eigenvalue weighted by molar-refractivity contribution is 5.92. The van der Waals surface area contributed by atoms with Gasteiger partial charge in [0.25, 0.3) is 11.8 Å². The molecule has 1 aromatic carbocycles. The van der Waals surface area contributed by atoms with Gasteiger partial charge < -0.3 is 14.2 Å². The zero-order valence-corrected chi connectivity index (χ0v) is 15.3. The van der Waals surface area contributed by atoms with Gasteiger partial charge in [-0.3, -0.25) is 9.48 Å². The van der Waals surface area contributed by atoms with E-state index in [0.29, 0.717) is 30.5 Å². The Morgan fingerprint density at radius 2 is 2.04 bits per heavy atom. The standard InChI is InChI=1S/C19H21N5O3/c1-3-24-9-8-16(21-24)19(25)23-10-14(11-23)18-20-17(27-22-18)12-26-15-6-4-13(2)5-7-15/h4-9,14H,3,10-12H2,1-2H3. The Hall–Kier alpha value is -3.16. The molecule has 2 aromatic heterocycles. The number of ether oxygens (including phenoxy) is 1. The number of aromatic nitrogens is 4. The normalized spacial score (nSPS) is 14.2. The average Bonchev–Trinajstić information content (AvgIpc) is 3.29. The molecule has 8 nitrogen and oxygen atoms in total. The summed E-state index contributed by atoms with van der Waals surface area (Å²) < 4.78 is 12.7. The topological polar surface area (TPSA) is 86.3 Å². The summed E-state index contributed by atoms with van der Waals surface area (Å²) in [6, 6.07) is 9.52. The van der Waals surface area contributed by atoms with Crippen LogP contribution in [0, 0.1) is 6.92 Å². The van der Waals surface area contributed by atoms with E-state index in [2.05, 4.69) is 15.2 Å². The molecule has 4 rings (SSSR count). The lowest BCUT2D eigenvalue weighted by molar-refractivity contribution is 0.0585. The Balaban J connectivity index is 1.29. The van der Waals surface area contributed by atoms with Crippen molar-refractivity contribution in [1.82, 2.24) is 24.8 Å². The highest BCUT2D eigenvalue weighted by atomic mass is 16.5. The van der Waals surface area contributed by atoms with E-state index in [4.69, 9.17) is 9.26 Å². The van der Waals surface area contributed by atoms with Gasteiger partial charge >= 0.3 is 0 Å². The molecule has 0 radical (unpaired) electrons. The summed E-state index contributed by atoms with van der Waals surface area (Å²) in [4.78, 5) is 18.5. The minimum Gasteiger partial charge on any atom is -0.484 e. The number of hydrogen-bond acceptors (Lipinski definition) is 6. The van der Waals surface area contributed by atoms with Crippen LogP contribution < -0.4 is 4.74 Å². The number of nitrogens with zero attached hydrogens (tertiary/aromatic N) is 5. The number of carbonyl (C=O) groups is 1. The summed E-state index contributed by atoms with van der Waals surface area (Å²) in [5.74, 6) is 1.81. The first-order chi connectivity index (χ1) is 13.1. The molecule has 3 heterocycles. The Kier molecular flexibility index (Phi) is 4.62. The van der Waals surface area contributed by atoms with Crippen molar-refractivity contribution in [3.63, 3.8) is 0 Å². The molecule has 0 unspecified atom stereocenters. The second-order valence-electron chi connectivity index (χ2n) is 6.61. The Morgan fingerprint density at radius 1 is 1.26 bits per heavy atom. The molecule has 0 aliphatic carbocycles. The quantitative estimate of drug-likeness (QED) is 0.665. The van der Waals surface area contributed by atoms with Crippen molar-refractivity contribution in [3.05, 3.63) is 59.5 Å². The van der Waals surface area contributed by atoms with Crippen molar-refractivity contribution >= 4 is 5.91 Å². The molecule has 1 aliphatic heterocycles. The molecule has 0 spiro atoms. The molecule has 1 amide bonds. The van der Waals surface area contributed by atoms with Crippen LogP contribution in [-0.2, 0) is 13.2 Å². The second-order valence-corrected chi connectivity index (χ2v) is 6.61. The maximum absolute atomic E-state index is 12.4. The van der Waals surface area contributed by atoms with E-state index >= 15 is 0 Å². The number of amides is 1. The van der Waals surface area contributed by atoms with Gasteiger partial charge in [-0.2, -0.15) is 10.1 Å². The van der Waals surface area contributed by atoms with E-state index in [0.717, 1.165) is 12.3 Å². The number of carbonyl (C=O) groups excluding carboxylic acids is 1. The molecule has 27 heavy (non-hydrogen) atoms. The summed E-state index contributed by atoms with van der Waals surface area (Å²) in [6.07, 6.45) is 1.81. The first-order valence-corrected chi connectivity index (χ1v) is 8.97. The monoisotopic (exact) mass is 367 g/mol. The number of rotatable bonds is 6. The molecule has 1 fully saturated rings. The van der Waals surface area contributed by atoms with E-state index in [1.165, 1.54) is 5.56 Å². The van der Waals surface area contributed by atoms with Crippen LogP contribution in [0.5, 0.6) is 5.75 Å². The highest BCUT2D eigenvalue weighted by Crippen LogP contribution is 2.26. The zero-order chi connectivity index (χ0) is 18.8. The summed E-state index contributed by atoms with van der Waals surface area (Å²) >= 11 is 0. The molecule has 0 atom stereocenters. The average molecular weight is 367 g/mol. The predicted molar refractivity (Wildman–Crippen MR) is 96.4 cm³/mol. The van der Waals surface area contributed by atoms with Crippen LogP contribution >= 0.6 is 0 Å². The van der Waals surface area contributed by atoms with E-state index in [9.17, 15) is 4.79 Å². The van der Waals surface area contributed by atoms with Crippen molar-refractivity contribution in [2.45, 2.75) is 32.9 Å². The van der Waals surface area contributed by atoms with E-state index in [1.807, 2.05) is 44.3 Å². The van der Waals surface area contributed by atoms with Crippen molar-refractivity contribution < 1.29 is 14.1 Å². The smallest absolute Gasteiger partial charge is 0.274 e. The first kappa shape index (κ1) is 17.3. The van der Waals surface area contributed by atoms with Crippen molar-refractivity contribution in [1.29, 1.82) is 0 Å². The van der Waals surface area contributed by atoms with Crippen LogP contribution in [0.15, 0.2) is 41.1 Å². The van der Waals surface area contributed by atoms with Gasteiger partial charge in [0.05, 0.1) is 5.92 Å². The van der Waals surface area contributed by atoms with Gasteiger partial charge in [-0.15, -0.1) is 0 Å². The largest absolute Gasteiger partial charge is 0.484 e. The molecule has 3 aromatic rings. The molecule has 1 aliphatic rings. The summed E-state index contributed by atoms with van der Waals surface area (Å²) in [5.41, 5.74) is 1.64. The molecular formula is C19H21N5O3. The van der Waals surface area contributed by atoms with Crippen LogP contribution in [0.4, 0.5) is 0 Å². The number of hydrogen-bond donors (Lipinski definition) is 0. The second kappa shape index (κ2) is 7.22. The van der Waals surface area contributed by atoms with Gasteiger partial charge in [0.2, 0.25) is 0 Å². The molecule has 0 N–H and O–H groups in total. The maximum Gasteiger partial charge on any atom is 0.274 e. The molecule has 1 saturated heterocycles. The third-order valence-corrected chi connectivity index (χ3v) is 4.58. The van der Waals surface area contributed by atoms with Crippen molar-refractivity contribution in [2.24, 2.45) is 0 Å². The van der Waals surface area contributed by atoms with Crippen LogP contribution in [0.1, 0.15) is 40.6 Å². The van der Waals surface area contributed by atoms with Crippen LogP contribution in [0.25, 0.3) is 0 Å². The summed E-state index contributed by atoms with van der Waals surface area (Å²) in [5, 5.41) is 8.28. The van der Waals surface area contributed by atoms with Crippen LogP contribution in [0.3, 0.4) is 0 Å². The van der Waals surface area contributed by atoms with Gasteiger partial charge in [-0.05, 0) is 32.0 Å². The molecule has 0 bridgehead atoms. The lowest BCUT2D eigenvalue weighted by Gasteiger charge is -2.36. The minimum atomic E-state index is -0.0649. The van der Waals surface area contributed by atoms with Gasteiger partial charge in [0.15, 0.2) is 12.4 Å². The summed E-state index contributed by atoms with van der Waals surface area (Å²) in [6.45, 7) is 6.10. The SMILES string of the molecule is CCn1ccc(C(=O)N2CC(c3noc(COc4ccc(C)cc4)n3)C2)n1. The Labute approximate surface area is 156 Å². The molecular weight excluding hydrogens is 346 g/mol. The van der Waals surface area contributed by atoms with Gasteiger partial charge in [0.1, 0.15) is 11.4 Å². The molecule has 8 heteroatoms. The fraction of sp³-hybridized carbons (Fsp3) is 0.368. The summed E-state index contributed by atoms with van der Waals surface area (Å²) in [7, 11) is 0. The fourth-order valence-corrected chi connectivity index (χ4v) is 2.89. The van der Waals surface area contributed by atoms with Gasteiger partial charge in [-0.1, -0.05) is 22.9 Å². The minimum absolute atomic E-state index is 0.0649. The highest BCUT2D eigenvalue weighted by Gasteiger charge is 2.36. The predicted octanol–water partition coefficient (Wildman–Crippen LogP) is 2.41. The van der Waals surface area contributed by atoms with Gasteiger partial charge in [0, 0.05) is 25.8 Å². The Bertz CT molecular complexity index is 925. The molecule has 140 valence electrons. The van der Waals surface area contributed by atoms with Crippen molar-refractivity contribution in [3.8, 4) is 5.75 Å². The zero-order valence-electron chi connectivity index (χ0n) is 15.3. The van der Waals surface area contributed by atoms with E-state index < -0.39 is 0 Å². The van der Waals surface area contributed by atoms with Crippen LogP contribution in [0.2, 0.25) is 0 Å². The van der Waals surface area contributed by atoms with E-state index in [-0.39, 0.29) is 18.4 Å². The fourth-order valence-electron chi connectivity index (χ4n) is 2.89. The van der Waals surface area contributed by atoms with Crippen molar-refractivity contribution in [2.75, 3.05) is 13.1 Å². The Morgan fingerprint density at radius 3 is 2.74 bits per heavy atom.